The zero-order valence-corrected chi connectivity index (χ0v) is 21.2. The Hall–Kier alpha value is -3.23. The number of aromatic nitrogens is 5. The van der Waals surface area contributed by atoms with Gasteiger partial charge in [0.2, 0.25) is 5.91 Å². The highest BCUT2D eigenvalue weighted by Crippen LogP contribution is 2.20. The van der Waals surface area contributed by atoms with Gasteiger partial charge in [-0.2, -0.15) is 5.10 Å². The molecule has 0 aliphatic carbocycles. The highest BCUT2D eigenvalue weighted by molar-refractivity contribution is 6.30. The van der Waals surface area contributed by atoms with E-state index >= 15 is 0 Å². The van der Waals surface area contributed by atoms with Crippen molar-refractivity contribution in [2.45, 2.75) is 40.2 Å². The molecule has 1 amide bonds. The molecule has 182 valence electrons. The normalized spacial score (nSPS) is 14.7. The average molecular weight is 492 g/mol. The maximum absolute atomic E-state index is 13.0. The summed E-state index contributed by atoms with van der Waals surface area (Å²) >= 11 is 6.11. The van der Waals surface area contributed by atoms with Gasteiger partial charge in [-0.15, -0.1) is 5.10 Å². The van der Waals surface area contributed by atoms with Crippen LogP contribution >= 0.6 is 11.6 Å². The molecule has 0 saturated carbocycles. The zero-order valence-electron chi connectivity index (χ0n) is 20.4. The summed E-state index contributed by atoms with van der Waals surface area (Å²) < 4.78 is 3.68. The first-order chi connectivity index (χ1) is 16.9. The number of benzene rings is 1. The molecule has 1 aliphatic heterocycles. The highest BCUT2D eigenvalue weighted by atomic mass is 35.5. The van der Waals surface area contributed by atoms with Crippen LogP contribution in [-0.2, 0) is 17.8 Å². The fourth-order valence-electron chi connectivity index (χ4n) is 4.79. The number of rotatable bonds is 6. The number of halogens is 1. The van der Waals surface area contributed by atoms with E-state index in [1.165, 1.54) is 5.56 Å². The van der Waals surface area contributed by atoms with Crippen LogP contribution in [0.15, 0.2) is 42.6 Å². The number of hydrogen-bond acceptors (Lipinski definition) is 5. The van der Waals surface area contributed by atoms with Crippen LogP contribution in [0, 0.1) is 20.8 Å². The van der Waals surface area contributed by atoms with Gasteiger partial charge in [-0.05, 0) is 62.6 Å². The lowest BCUT2D eigenvalue weighted by Gasteiger charge is -2.35. The molecule has 4 heterocycles. The molecule has 3 aromatic heterocycles. The van der Waals surface area contributed by atoms with Crippen molar-refractivity contribution in [3.05, 3.63) is 75.8 Å². The van der Waals surface area contributed by atoms with Crippen LogP contribution in [0.25, 0.3) is 11.5 Å². The van der Waals surface area contributed by atoms with E-state index in [2.05, 4.69) is 16.0 Å². The van der Waals surface area contributed by atoms with Crippen molar-refractivity contribution >= 4 is 23.2 Å². The largest absolute Gasteiger partial charge is 0.340 e. The van der Waals surface area contributed by atoms with Crippen LogP contribution in [0.5, 0.6) is 0 Å². The van der Waals surface area contributed by atoms with Crippen molar-refractivity contribution in [2.75, 3.05) is 26.2 Å². The number of amides is 1. The zero-order chi connectivity index (χ0) is 24.5. The quantitative estimate of drug-likeness (QED) is 0.410. The van der Waals surface area contributed by atoms with Crippen LogP contribution in [-0.4, -0.2) is 66.3 Å². The number of piperazine rings is 1. The molecule has 0 bridgehead atoms. The SMILES string of the molecule is Cc1nn(-c2ccc3ncc(C)n3n2)c(C)c1CCC(=O)N1CCN(Cc2cccc(Cl)c2)CC1. The van der Waals surface area contributed by atoms with Crippen LogP contribution in [0.2, 0.25) is 5.02 Å². The third kappa shape index (κ3) is 4.94. The Morgan fingerprint density at radius 1 is 1.03 bits per heavy atom. The number of carbonyl (C=O) groups excluding carboxylic acids is 1. The standard InChI is InChI=1S/C26H30ClN7O/c1-18-16-28-24-8-9-25(30-33(18)24)34-20(3)23(19(2)29-34)7-10-26(35)32-13-11-31(12-14-32)17-21-5-4-6-22(27)15-21/h4-6,8-9,15-16H,7,10-14,17H2,1-3H3. The summed E-state index contributed by atoms with van der Waals surface area (Å²) in [4.78, 5) is 21.7. The van der Waals surface area contributed by atoms with Crippen LogP contribution in [0.3, 0.4) is 0 Å². The Balaban J connectivity index is 1.19. The molecule has 0 spiro atoms. The lowest BCUT2D eigenvalue weighted by molar-refractivity contribution is -0.133. The maximum atomic E-state index is 13.0. The van der Waals surface area contributed by atoms with Crippen molar-refractivity contribution < 1.29 is 4.79 Å². The Labute approximate surface area is 210 Å². The second-order valence-corrected chi connectivity index (χ2v) is 9.65. The Morgan fingerprint density at radius 3 is 2.60 bits per heavy atom. The van der Waals surface area contributed by atoms with Crippen molar-refractivity contribution in [3.63, 3.8) is 0 Å². The monoisotopic (exact) mass is 491 g/mol. The van der Waals surface area contributed by atoms with E-state index in [1.54, 1.807) is 6.20 Å². The summed E-state index contributed by atoms with van der Waals surface area (Å²) in [5.41, 5.74) is 6.06. The molecular formula is C26H30ClN7O. The fourth-order valence-corrected chi connectivity index (χ4v) is 5.00. The van der Waals surface area contributed by atoms with Crippen LogP contribution < -0.4 is 0 Å². The molecule has 9 heteroatoms. The summed E-state index contributed by atoms with van der Waals surface area (Å²) in [7, 11) is 0. The van der Waals surface area contributed by atoms with Gasteiger partial charge in [0, 0.05) is 49.9 Å². The molecule has 5 rings (SSSR count). The van der Waals surface area contributed by atoms with E-state index in [9.17, 15) is 4.79 Å². The number of nitrogens with zero attached hydrogens (tertiary/aromatic N) is 7. The maximum Gasteiger partial charge on any atom is 0.222 e. The molecule has 0 radical (unpaired) electrons. The second kappa shape index (κ2) is 9.79. The van der Waals surface area contributed by atoms with Crippen molar-refractivity contribution in [3.8, 4) is 5.82 Å². The molecule has 35 heavy (non-hydrogen) atoms. The molecule has 0 atom stereocenters. The first-order valence-corrected chi connectivity index (χ1v) is 12.4. The molecule has 0 unspecified atom stereocenters. The van der Waals surface area contributed by atoms with E-state index in [-0.39, 0.29) is 5.91 Å². The number of carbonyl (C=O) groups is 1. The van der Waals surface area contributed by atoms with Crippen molar-refractivity contribution in [1.29, 1.82) is 0 Å². The van der Waals surface area contributed by atoms with Gasteiger partial charge >= 0.3 is 0 Å². The molecule has 1 aromatic carbocycles. The van der Waals surface area contributed by atoms with E-state index in [4.69, 9.17) is 21.8 Å². The predicted octanol–water partition coefficient (Wildman–Crippen LogP) is 3.77. The van der Waals surface area contributed by atoms with E-state index in [1.807, 2.05) is 65.2 Å². The van der Waals surface area contributed by atoms with E-state index in [0.717, 1.165) is 71.9 Å². The molecular weight excluding hydrogens is 462 g/mol. The van der Waals surface area contributed by atoms with Gasteiger partial charge in [0.1, 0.15) is 0 Å². The van der Waals surface area contributed by atoms with E-state index < -0.39 is 0 Å². The number of fused-ring (bicyclic) bond motifs is 1. The number of hydrogen-bond donors (Lipinski definition) is 0. The Bertz CT molecular complexity index is 1370. The summed E-state index contributed by atoms with van der Waals surface area (Å²) in [6, 6.07) is 11.9. The minimum Gasteiger partial charge on any atom is -0.340 e. The summed E-state index contributed by atoms with van der Waals surface area (Å²) in [6.45, 7) is 10.1. The van der Waals surface area contributed by atoms with E-state index in [0.29, 0.717) is 12.8 Å². The number of imidazole rings is 1. The Morgan fingerprint density at radius 2 is 1.83 bits per heavy atom. The summed E-state index contributed by atoms with van der Waals surface area (Å²) in [5.74, 6) is 0.945. The number of aryl methyl sites for hydroxylation is 2. The van der Waals surface area contributed by atoms with Crippen LogP contribution in [0.1, 0.15) is 34.6 Å². The van der Waals surface area contributed by atoms with Gasteiger partial charge in [0.25, 0.3) is 0 Å². The topological polar surface area (TPSA) is 71.6 Å². The minimum atomic E-state index is 0.201. The third-order valence-electron chi connectivity index (χ3n) is 6.79. The summed E-state index contributed by atoms with van der Waals surface area (Å²) in [5, 5.41) is 10.2. The van der Waals surface area contributed by atoms with Crippen LogP contribution in [0.4, 0.5) is 0 Å². The fraction of sp³-hybridized carbons (Fsp3) is 0.385. The second-order valence-electron chi connectivity index (χ2n) is 9.21. The first kappa shape index (κ1) is 23.5. The van der Waals surface area contributed by atoms with Gasteiger partial charge in [0.15, 0.2) is 11.5 Å². The lowest BCUT2D eigenvalue weighted by Crippen LogP contribution is -2.48. The molecule has 1 aliphatic rings. The molecule has 4 aromatic rings. The first-order valence-electron chi connectivity index (χ1n) is 12.0. The van der Waals surface area contributed by atoms with Crippen molar-refractivity contribution in [1.82, 2.24) is 34.2 Å². The molecule has 1 saturated heterocycles. The van der Waals surface area contributed by atoms with Gasteiger partial charge < -0.3 is 4.90 Å². The summed E-state index contributed by atoms with van der Waals surface area (Å²) in [6.07, 6.45) is 2.96. The van der Waals surface area contributed by atoms with Gasteiger partial charge in [-0.3, -0.25) is 9.69 Å². The third-order valence-corrected chi connectivity index (χ3v) is 7.02. The minimum absolute atomic E-state index is 0.201. The smallest absolute Gasteiger partial charge is 0.222 e. The average Bonchev–Trinajstić information content (AvgIpc) is 3.36. The Kier molecular flexibility index (Phi) is 6.58. The highest BCUT2D eigenvalue weighted by Gasteiger charge is 2.22. The van der Waals surface area contributed by atoms with Gasteiger partial charge in [-0.25, -0.2) is 14.2 Å². The van der Waals surface area contributed by atoms with Gasteiger partial charge in [-0.1, -0.05) is 23.7 Å². The molecule has 0 N–H and O–H groups in total. The predicted molar refractivity (Wildman–Crippen MR) is 136 cm³/mol. The van der Waals surface area contributed by atoms with Gasteiger partial charge in [0.05, 0.1) is 17.6 Å². The molecule has 1 fully saturated rings. The lowest BCUT2D eigenvalue weighted by atomic mass is 10.1. The van der Waals surface area contributed by atoms with Crippen molar-refractivity contribution in [2.24, 2.45) is 0 Å². The molecule has 8 nitrogen and oxygen atoms in total.